The maximum absolute atomic E-state index is 13.1. The third kappa shape index (κ3) is 3.40. The van der Waals surface area contributed by atoms with Gasteiger partial charge in [-0.3, -0.25) is 0 Å². The van der Waals surface area contributed by atoms with E-state index < -0.39 is 0 Å². The fraction of sp³-hybridized carbons (Fsp3) is 0.357. The summed E-state index contributed by atoms with van der Waals surface area (Å²) in [6, 6.07) is 6.76. The molecule has 0 fully saturated rings. The van der Waals surface area contributed by atoms with E-state index in [-0.39, 0.29) is 11.9 Å². The first-order valence-corrected chi connectivity index (χ1v) is 6.18. The predicted molar refractivity (Wildman–Crippen MR) is 69.7 cm³/mol. The Morgan fingerprint density at radius 3 is 3.00 bits per heavy atom. The molecule has 2 aromatic rings. The van der Waals surface area contributed by atoms with Gasteiger partial charge >= 0.3 is 0 Å². The van der Waals surface area contributed by atoms with Crippen LogP contribution in [0, 0.1) is 5.82 Å². The topological polar surface area (TPSA) is 43.8 Å². The number of rotatable bonds is 5. The SMILES string of the molecule is CCC(N)Cc1cn(Cc2cccc(F)c2)cn1. The van der Waals surface area contributed by atoms with E-state index in [0.717, 1.165) is 24.1 Å². The second-order valence-electron chi connectivity index (χ2n) is 4.54. The van der Waals surface area contributed by atoms with Crippen LogP contribution >= 0.6 is 0 Å². The van der Waals surface area contributed by atoms with Gasteiger partial charge in [-0.25, -0.2) is 9.37 Å². The standard InChI is InChI=1S/C14H18FN3/c1-2-13(16)7-14-9-18(10-17-14)8-11-4-3-5-12(15)6-11/h3-6,9-10,13H,2,7-8,16H2,1H3. The number of imidazole rings is 1. The molecule has 2 rings (SSSR count). The van der Waals surface area contributed by atoms with Crippen LogP contribution in [-0.4, -0.2) is 15.6 Å². The second kappa shape index (κ2) is 5.78. The summed E-state index contributed by atoms with van der Waals surface area (Å²) >= 11 is 0. The fourth-order valence-electron chi connectivity index (χ4n) is 1.86. The van der Waals surface area contributed by atoms with Crippen molar-refractivity contribution < 1.29 is 4.39 Å². The summed E-state index contributed by atoms with van der Waals surface area (Å²) in [6.07, 6.45) is 5.46. The molecule has 4 heteroatoms. The summed E-state index contributed by atoms with van der Waals surface area (Å²) in [6.45, 7) is 2.69. The molecule has 1 aromatic carbocycles. The van der Waals surface area contributed by atoms with Crippen molar-refractivity contribution in [2.24, 2.45) is 5.73 Å². The lowest BCUT2D eigenvalue weighted by Crippen LogP contribution is -2.21. The fourth-order valence-corrected chi connectivity index (χ4v) is 1.86. The molecule has 2 N–H and O–H groups in total. The number of aromatic nitrogens is 2. The smallest absolute Gasteiger partial charge is 0.123 e. The van der Waals surface area contributed by atoms with Crippen molar-refractivity contribution in [3.8, 4) is 0 Å². The minimum Gasteiger partial charge on any atom is -0.333 e. The van der Waals surface area contributed by atoms with Crippen molar-refractivity contribution >= 4 is 0 Å². The average Bonchev–Trinajstić information content (AvgIpc) is 2.76. The molecule has 0 radical (unpaired) electrons. The molecule has 0 spiro atoms. The lowest BCUT2D eigenvalue weighted by Gasteiger charge is -2.05. The van der Waals surface area contributed by atoms with E-state index in [2.05, 4.69) is 11.9 Å². The number of hydrogen-bond acceptors (Lipinski definition) is 2. The monoisotopic (exact) mass is 247 g/mol. The Kier molecular flexibility index (Phi) is 4.10. The highest BCUT2D eigenvalue weighted by Gasteiger charge is 2.05. The summed E-state index contributed by atoms with van der Waals surface area (Å²) in [7, 11) is 0. The molecule has 0 bridgehead atoms. The molecule has 0 saturated heterocycles. The average molecular weight is 247 g/mol. The zero-order valence-corrected chi connectivity index (χ0v) is 10.5. The van der Waals surface area contributed by atoms with Gasteiger partial charge in [-0.2, -0.15) is 0 Å². The minimum atomic E-state index is -0.208. The molecule has 1 unspecified atom stereocenters. The van der Waals surface area contributed by atoms with Crippen molar-refractivity contribution in [2.45, 2.75) is 32.4 Å². The van der Waals surface area contributed by atoms with Gasteiger partial charge in [-0.1, -0.05) is 19.1 Å². The third-order valence-electron chi connectivity index (χ3n) is 2.94. The van der Waals surface area contributed by atoms with Gasteiger partial charge in [0.25, 0.3) is 0 Å². The van der Waals surface area contributed by atoms with Gasteiger partial charge < -0.3 is 10.3 Å². The van der Waals surface area contributed by atoms with Gasteiger partial charge in [0.2, 0.25) is 0 Å². The van der Waals surface area contributed by atoms with Crippen molar-refractivity contribution in [1.29, 1.82) is 0 Å². The van der Waals surface area contributed by atoms with Gasteiger partial charge in [0, 0.05) is 25.2 Å². The molecule has 1 heterocycles. The number of halogens is 1. The van der Waals surface area contributed by atoms with Crippen molar-refractivity contribution in [3.05, 3.63) is 53.9 Å². The van der Waals surface area contributed by atoms with Crippen LogP contribution < -0.4 is 5.73 Å². The van der Waals surface area contributed by atoms with Gasteiger partial charge in [0.1, 0.15) is 5.82 Å². The molecule has 3 nitrogen and oxygen atoms in total. The first-order valence-electron chi connectivity index (χ1n) is 6.18. The van der Waals surface area contributed by atoms with Crippen molar-refractivity contribution in [3.63, 3.8) is 0 Å². The Balaban J connectivity index is 2.02. The Morgan fingerprint density at radius 1 is 1.44 bits per heavy atom. The van der Waals surface area contributed by atoms with E-state index in [1.54, 1.807) is 12.4 Å². The normalized spacial score (nSPS) is 12.6. The summed E-state index contributed by atoms with van der Waals surface area (Å²) in [5.74, 6) is -0.208. The molecule has 0 amide bonds. The summed E-state index contributed by atoms with van der Waals surface area (Å²) in [5.41, 5.74) is 7.80. The molecule has 0 aliphatic rings. The van der Waals surface area contributed by atoms with Crippen LogP contribution in [-0.2, 0) is 13.0 Å². The molecular weight excluding hydrogens is 229 g/mol. The predicted octanol–water partition coefficient (Wildman–Crippen LogP) is 2.35. The lowest BCUT2D eigenvalue weighted by molar-refractivity contribution is 0.623. The third-order valence-corrected chi connectivity index (χ3v) is 2.94. The molecule has 96 valence electrons. The molecule has 1 atom stereocenters. The van der Waals surface area contributed by atoms with Crippen molar-refractivity contribution in [2.75, 3.05) is 0 Å². The minimum absolute atomic E-state index is 0.155. The maximum Gasteiger partial charge on any atom is 0.123 e. The van der Waals surface area contributed by atoms with E-state index in [1.165, 1.54) is 12.1 Å². The van der Waals surface area contributed by atoms with Crippen LogP contribution in [0.3, 0.4) is 0 Å². The van der Waals surface area contributed by atoms with E-state index in [0.29, 0.717) is 6.54 Å². The number of benzene rings is 1. The van der Waals surface area contributed by atoms with Gasteiger partial charge in [0.05, 0.1) is 12.0 Å². The van der Waals surface area contributed by atoms with Gasteiger partial charge in [-0.05, 0) is 24.1 Å². The summed E-state index contributed by atoms with van der Waals surface area (Å²) < 4.78 is 15.0. The first kappa shape index (κ1) is 12.8. The zero-order valence-electron chi connectivity index (χ0n) is 10.5. The maximum atomic E-state index is 13.1. The molecule has 18 heavy (non-hydrogen) atoms. The Morgan fingerprint density at radius 2 is 2.28 bits per heavy atom. The Bertz CT molecular complexity index is 507. The molecule has 0 aliphatic carbocycles. The number of nitrogens with zero attached hydrogens (tertiary/aromatic N) is 2. The van der Waals surface area contributed by atoms with Gasteiger partial charge in [0.15, 0.2) is 0 Å². The molecule has 0 saturated carbocycles. The van der Waals surface area contributed by atoms with E-state index in [9.17, 15) is 4.39 Å². The Hall–Kier alpha value is -1.68. The van der Waals surface area contributed by atoms with Crippen LogP contribution in [0.1, 0.15) is 24.6 Å². The molecule has 1 aromatic heterocycles. The van der Waals surface area contributed by atoms with E-state index in [1.807, 2.05) is 16.8 Å². The van der Waals surface area contributed by atoms with Crippen molar-refractivity contribution in [1.82, 2.24) is 9.55 Å². The number of nitrogens with two attached hydrogens (primary N) is 1. The zero-order chi connectivity index (χ0) is 13.0. The van der Waals surface area contributed by atoms with E-state index >= 15 is 0 Å². The molecular formula is C14H18FN3. The largest absolute Gasteiger partial charge is 0.333 e. The first-order chi connectivity index (χ1) is 8.67. The van der Waals surface area contributed by atoms with Crippen LogP contribution in [0.15, 0.2) is 36.8 Å². The highest BCUT2D eigenvalue weighted by molar-refractivity contribution is 5.17. The van der Waals surface area contributed by atoms with E-state index in [4.69, 9.17) is 5.73 Å². The summed E-state index contributed by atoms with van der Waals surface area (Å²) in [4.78, 5) is 4.31. The van der Waals surface area contributed by atoms with Crippen LogP contribution in [0.25, 0.3) is 0 Å². The second-order valence-corrected chi connectivity index (χ2v) is 4.54. The highest BCUT2D eigenvalue weighted by atomic mass is 19.1. The summed E-state index contributed by atoms with van der Waals surface area (Å²) in [5, 5.41) is 0. The Labute approximate surface area is 106 Å². The molecule has 0 aliphatic heterocycles. The lowest BCUT2D eigenvalue weighted by atomic mass is 10.1. The van der Waals surface area contributed by atoms with Gasteiger partial charge in [-0.15, -0.1) is 0 Å². The van der Waals surface area contributed by atoms with Crippen LogP contribution in [0.4, 0.5) is 4.39 Å². The quantitative estimate of drug-likeness (QED) is 0.881. The number of hydrogen-bond donors (Lipinski definition) is 1. The van der Waals surface area contributed by atoms with Crippen LogP contribution in [0.5, 0.6) is 0 Å². The highest BCUT2D eigenvalue weighted by Crippen LogP contribution is 2.08. The van der Waals surface area contributed by atoms with Crippen LogP contribution in [0.2, 0.25) is 0 Å².